The number of benzene rings is 1. The molecule has 6 nitrogen and oxygen atoms in total. The fraction of sp³-hybridized carbons (Fsp3) is 0.214. The Morgan fingerprint density at radius 2 is 2.09 bits per heavy atom. The fourth-order valence-corrected chi connectivity index (χ4v) is 2.65. The lowest BCUT2D eigenvalue weighted by atomic mass is 10.1. The highest BCUT2D eigenvalue weighted by Crippen LogP contribution is 2.23. The first-order valence-corrected chi connectivity index (χ1v) is 8.58. The van der Waals surface area contributed by atoms with Crippen LogP contribution in [0.25, 0.3) is 0 Å². The van der Waals surface area contributed by atoms with Crippen molar-refractivity contribution in [3.63, 3.8) is 0 Å². The molecule has 1 aromatic carbocycles. The molecule has 1 aromatic heterocycles. The Hall–Kier alpha value is -1.99. The van der Waals surface area contributed by atoms with Gasteiger partial charge in [0.1, 0.15) is 5.76 Å². The lowest BCUT2D eigenvalue weighted by Crippen LogP contribution is -2.27. The topological polar surface area (TPSA) is 79.6 Å². The van der Waals surface area contributed by atoms with Crippen LogP contribution in [0.3, 0.4) is 0 Å². The Labute approximate surface area is 133 Å². The Morgan fingerprint density at radius 3 is 2.68 bits per heavy atom. The van der Waals surface area contributed by atoms with E-state index in [1.54, 1.807) is 19.2 Å². The minimum absolute atomic E-state index is 0.173. The first-order valence-electron chi connectivity index (χ1n) is 6.31. The summed E-state index contributed by atoms with van der Waals surface area (Å²) in [7, 11) is -1.91. The van der Waals surface area contributed by atoms with E-state index < -0.39 is 10.0 Å². The Kier molecular flexibility index (Phi) is 4.77. The molecule has 0 saturated carbocycles. The van der Waals surface area contributed by atoms with Gasteiger partial charge in [-0.25, -0.2) is 8.42 Å². The van der Waals surface area contributed by atoms with Crippen LogP contribution in [0.2, 0.25) is 5.02 Å². The van der Waals surface area contributed by atoms with Gasteiger partial charge in [-0.2, -0.15) is 0 Å². The number of carbonyl (C=O) groups excluding carboxylic acids is 1. The second-order valence-corrected chi connectivity index (χ2v) is 6.99. The van der Waals surface area contributed by atoms with E-state index in [0.29, 0.717) is 10.8 Å². The predicted octanol–water partition coefficient (Wildman–Crippen LogP) is 2.58. The van der Waals surface area contributed by atoms with Crippen LogP contribution in [-0.4, -0.2) is 32.5 Å². The van der Waals surface area contributed by atoms with Gasteiger partial charge in [-0.05, 0) is 30.3 Å². The number of anilines is 1. The van der Waals surface area contributed by atoms with Gasteiger partial charge in [0.15, 0.2) is 0 Å². The third kappa shape index (κ3) is 4.25. The maximum absolute atomic E-state index is 12.5. The third-order valence-corrected chi connectivity index (χ3v) is 3.65. The molecule has 0 bridgehead atoms. The summed E-state index contributed by atoms with van der Waals surface area (Å²) in [5.74, 6) is 0.251. The molecule has 2 rings (SSSR count). The predicted molar refractivity (Wildman–Crippen MR) is 84.4 cm³/mol. The SMILES string of the molecule is CN(Cc1ccco1)C(=O)c1cc(Cl)ccc1NS(C)(=O)=O. The van der Waals surface area contributed by atoms with E-state index in [1.807, 2.05) is 0 Å². The van der Waals surface area contributed by atoms with Crippen LogP contribution in [0.15, 0.2) is 41.0 Å². The molecule has 118 valence electrons. The molecule has 8 heteroatoms. The van der Waals surface area contributed by atoms with Crippen LogP contribution in [0.4, 0.5) is 5.69 Å². The van der Waals surface area contributed by atoms with E-state index in [9.17, 15) is 13.2 Å². The number of nitrogens with zero attached hydrogens (tertiary/aromatic N) is 1. The van der Waals surface area contributed by atoms with Crippen molar-refractivity contribution in [2.75, 3.05) is 18.0 Å². The first kappa shape index (κ1) is 16.4. The number of carbonyl (C=O) groups is 1. The molecular weight excluding hydrogens is 328 g/mol. The summed E-state index contributed by atoms with van der Waals surface area (Å²) in [6.07, 6.45) is 2.53. The highest BCUT2D eigenvalue weighted by atomic mass is 35.5. The summed E-state index contributed by atoms with van der Waals surface area (Å²) >= 11 is 5.91. The highest BCUT2D eigenvalue weighted by molar-refractivity contribution is 7.92. The summed E-state index contributed by atoms with van der Waals surface area (Å²) < 4.78 is 30.3. The lowest BCUT2D eigenvalue weighted by Gasteiger charge is -2.18. The van der Waals surface area contributed by atoms with E-state index in [0.717, 1.165) is 6.26 Å². The second kappa shape index (κ2) is 6.41. The van der Waals surface area contributed by atoms with E-state index in [2.05, 4.69) is 4.72 Å². The zero-order valence-corrected chi connectivity index (χ0v) is 13.6. The number of hydrogen-bond acceptors (Lipinski definition) is 4. The fourth-order valence-electron chi connectivity index (χ4n) is 1.90. The number of amides is 1. The highest BCUT2D eigenvalue weighted by Gasteiger charge is 2.19. The van der Waals surface area contributed by atoms with Crippen LogP contribution >= 0.6 is 11.6 Å². The Morgan fingerprint density at radius 1 is 1.36 bits per heavy atom. The van der Waals surface area contributed by atoms with Crippen molar-refractivity contribution in [1.29, 1.82) is 0 Å². The maximum atomic E-state index is 12.5. The van der Waals surface area contributed by atoms with Crippen LogP contribution in [0.1, 0.15) is 16.1 Å². The normalized spacial score (nSPS) is 11.2. The van der Waals surface area contributed by atoms with Gasteiger partial charge in [0.2, 0.25) is 10.0 Å². The van der Waals surface area contributed by atoms with Gasteiger partial charge in [-0.1, -0.05) is 11.6 Å². The molecule has 0 fully saturated rings. The number of sulfonamides is 1. The second-order valence-electron chi connectivity index (χ2n) is 4.80. The van der Waals surface area contributed by atoms with Crippen molar-refractivity contribution in [2.24, 2.45) is 0 Å². The molecule has 22 heavy (non-hydrogen) atoms. The molecule has 0 spiro atoms. The van der Waals surface area contributed by atoms with Gasteiger partial charge in [0.05, 0.1) is 30.3 Å². The van der Waals surface area contributed by atoms with E-state index in [1.165, 1.54) is 29.4 Å². The van der Waals surface area contributed by atoms with Gasteiger partial charge in [-0.15, -0.1) is 0 Å². The standard InChI is InChI=1S/C14H15ClN2O4S/c1-17(9-11-4-3-7-21-11)14(18)12-8-10(15)5-6-13(12)16-22(2,19)20/h3-8,16H,9H2,1-2H3. The van der Waals surface area contributed by atoms with Crippen LogP contribution in [-0.2, 0) is 16.6 Å². The summed E-state index contributed by atoms with van der Waals surface area (Å²) in [4.78, 5) is 13.9. The van der Waals surface area contributed by atoms with Crippen LogP contribution in [0.5, 0.6) is 0 Å². The summed E-state index contributed by atoms with van der Waals surface area (Å²) in [5, 5.41) is 0.341. The summed E-state index contributed by atoms with van der Waals surface area (Å²) in [6.45, 7) is 0.261. The number of halogens is 1. The quantitative estimate of drug-likeness (QED) is 0.905. The maximum Gasteiger partial charge on any atom is 0.256 e. The zero-order chi connectivity index (χ0) is 16.3. The number of hydrogen-bond donors (Lipinski definition) is 1. The molecular formula is C14H15ClN2O4S. The van der Waals surface area contributed by atoms with E-state index >= 15 is 0 Å². The lowest BCUT2D eigenvalue weighted by molar-refractivity contribution is 0.0776. The molecule has 0 radical (unpaired) electrons. The molecule has 1 N–H and O–H groups in total. The Balaban J connectivity index is 2.29. The molecule has 0 unspecified atom stereocenters. The van der Waals surface area contributed by atoms with Crippen molar-refractivity contribution < 1.29 is 17.6 Å². The number of nitrogens with one attached hydrogen (secondary N) is 1. The molecule has 2 aromatic rings. The molecule has 1 amide bonds. The van der Waals surface area contributed by atoms with Gasteiger partial charge >= 0.3 is 0 Å². The average molecular weight is 343 g/mol. The first-order chi connectivity index (χ1) is 10.3. The van der Waals surface area contributed by atoms with Crippen molar-refractivity contribution in [2.45, 2.75) is 6.54 Å². The monoisotopic (exact) mass is 342 g/mol. The van der Waals surface area contributed by atoms with Crippen molar-refractivity contribution in [3.05, 3.63) is 52.9 Å². The van der Waals surface area contributed by atoms with Crippen molar-refractivity contribution in [3.8, 4) is 0 Å². The Bertz CT molecular complexity index is 772. The molecule has 1 heterocycles. The van der Waals surface area contributed by atoms with E-state index in [-0.39, 0.29) is 23.7 Å². The van der Waals surface area contributed by atoms with Crippen molar-refractivity contribution >= 4 is 33.2 Å². The third-order valence-electron chi connectivity index (χ3n) is 2.83. The molecule has 0 atom stereocenters. The summed E-state index contributed by atoms with van der Waals surface area (Å²) in [6, 6.07) is 7.87. The molecule has 0 aliphatic carbocycles. The van der Waals surface area contributed by atoms with Gasteiger partial charge < -0.3 is 9.32 Å². The molecule has 0 aliphatic rings. The molecule has 0 saturated heterocycles. The van der Waals surface area contributed by atoms with Crippen molar-refractivity contribution in [1.82, 2.24) is 4.90 Å². The minimum atomic E-state index is -3.50. The smallest absolute Gasteiger partial charge is 0.256 e. The van der Waals surface area contributed by atoms with Gasteiger partial charge in [0, 0.05) is 12.1 Å². The van der Waals surface area contributed by atoms with E-state index in [4.69, 9.17) is 16.0 Å². The zero-order valence-electron chi connectivity index (χ0n) is 12.0. The van der Waals surface area contributed by atoms with Gasteiger partial charge in [0.25, 0.3) is 5.91 Å². The van der Waals surface area contributed by atoms with Gasteiger partial charge in [-0.3, -0.25) is 9.52 Å². The molecule has 0 aliphatic heterocycles. The van der Waals surface area contributed by atoms with Crippen LogP contribution < -0.4 is 4.72 Å². The van der Waals surface area contributed by atoms with Crippen LogP contribution in [0, 0.1) is 0 Å². The largest absolute Gasteiger partial charge is 0.467 e. The summed E-state index contributed by atoms with van der Waals surface area (Å²) in [5.41, 5.74) is 0.357. The average Bonchev–Trinajstić information content (AvgIpc) is 2.91. The number of furan rings is 1. The number of rotatable bonds is 5. The minimum Gasteiger partial charge on any atom is -0.467 e.